The summed E-state index contributed by atoms with van der Waals surface area (Å²) in [6, 6.07) is -0.285. The number of carbonyl (C=O) groups is 2. The largest absolute Gasteiger partial charge is 0.465 e. The molecule has 0 aromatic heterocycles. The highest BCUT2D eigenvalue weighted by molar-refractivity contribution is 5.93. The summed E-state index contributed by atoms with van der Waals surface area (Å²) in [5.41, 5.74) is 0. The molecule has 1 saturated carbocycles. The summed E-state index contributed by atoms with van der Waals surface area (Å²) in [7, 11) is 0. The number of fused-ring (bicyclic) bond motifs is 1. The van der Waals surface area contributed by atoms with Crippen molar-refractivity contribution in [2.75, 3.05) is 6.54 Å². The minimum Gasteiger partial charge on any atom is -0.465 e. The summed E-state index contributed by atoms with van der Waals surface area (Å²) in [6.45, 7) is 0.538. The number of amides is 1. The van der Waals surface area contributed by atoms with Crippen molar-refractivity contribution in [2.45, 2.75) is 18.9 Å². The normalized spacial score (nSPS) is 34.9. The molecule has 0 aromatic carbocycles. The summed E-state index contributed by atoms with van der Waals surface area (Å²) in [5.74, 6) is 0.425. The Bertz CT molecular complexity index is 218. The number of hydrogen-bond acceptors (Lipinski definition) is 2. The molecule has 2 rings (SSSR count). The highest BCUT2D eigenvalue weighted by Crippen LogP contribution is 2.37. The zero-order valence-corrected chi connectivity index (χ0v) is 5.99. The second-order valence-corrected chi connectivity index (χ2v) is 3.14. The van der Waals surface area contributed by atoms with Gasteiger partial charge in [-0.2, -0.15) is 0 Å². The Morgan fingerprint density at radius 3 is 2.82 bits per heavy atom. The molecule has 1 amide bonds. The average Bonchev–Trinajstić information content (AvgIpc) is 2.25. The van der Waals surface area contributed by atoms with E-state index in [0.717, 1.165) is 6.42 Å². The number of rotatable bonds is 0. The highest BCUT2D eigenvalue weighted by Gasteiger charge is 2.49. The molecule has 2 atom stereocenters. The third-order valence-electron chi connectivity index (χ3n) is 2.56. The van der Waals surface area contributed by atoms with Crippen LogP contribution in [0.3, 0.4) is 0 Å². The van der Waals surface area contributed by atoms with E-state index in [4.69, 9.17) is 5.11 Å². The van der Waals surface area contributed by atoms with Gasteiger partial charge in [-0.1, -0.05) is 0 Å². The lowest BCUT2D eigenvalue weighted by atomic mass is 9.79. The van der Waals surface area contributed by atoms with Crippen molar-refractivity contribution in [2.24, 2.45) is 5.92 Å². The molecule has 11 heavy (non-hydrogen) atoms. The third kappa shape index (κ3) is 0.751. The van der Waals surface area contributed by atoms with Gasteiger partial charge in [0.05, 0.1) is 6.04 Å². The van der Waals surface area contributed by atoms with Crippen LogP contribution in [0.5, 0.6) is 0 Å². The van der Waals surface area contributed by atoms with E-state index in [1.54, 1.807) is 0 Å². The lowest BCUT2D eigenvalue weighted by Crippen LogP contribution is -2.49. The average molecular weight is 155 g/mol. The van der Waals surface area contributed by atoms with Crippen molar-refractivity contribution in [1.29, 1.82) is 0 Å². The Balaban J connectivity index is 2.14. The molecule has 1 aliphatic heterocycles. The van der Waals surface area contributed by atoms with Crippen LogP contribution < -0.4 is 0 Å². The molecule has 0 aromatic rings. The maximum Gasteiger partial charge on any atom is 0.407 e. The number of nitrogens with zero attached hydrogens (tertiary/aromatic N) is 1. The second-order valence-electron chi connectivity index (χ2n) is 3.14. The van der Waals surface area contributed by atoms with Crippen molar-refractivity contribution >= 4 is 11.9 Å². The van der Waals surface area contributed by atoms with E-state index in [-0.39, 0.29) is 11.8 Å². The molecule has 0 bridgehead atoms. The van der Waals surface area contributed by atoms with Crippen LogP contribution in [-0.2, 0) is 4.79 Å². The smallest absolute Gasteiger partial charge is 0.407 e. The van der Waals surface area contributed by atoms with E-state index >= 15 is 0 Å². The predicted molar refractivity (Wildman–Crippen MR) is 36.2 cm³/mol. The monoisotopic (exact) mass is 155 g/mol. The van der Waals surface area contributed by atoms with Gasteiger partial charge < -0.3 is 5.11 Å². The van der Waals surface area contributed by atoms with Crippen LogP contribution in [-0.4, -0.2) is 34.5 Å². The van der Waals surface area contributed by atoms with Crippen molar-refractivity contribution in [1.82, 2.24) is 4.90 Å². The number of likely N-dealkylation sites (tertiary alicyclic amines) is 1. The van der Waals surface area contributed by atoms with Crippen LogP contribution in [0, 0.1) is 5.92 Å². The van der Waals surface area contributed by atoms with Crippen LogP contribution in [0.25, 0.3) is 0 Å². The van der Waals surface area contributed by atoms with E-state index in [2.05, 4.69) is 0 Å². The fraction of sp³-hybridized carbons (Fsp3) is 0.714. The Hall–Kier alpha value is -1.06. The molecule has 0 unspecified atom stereocenters. The van der Waals surface area contributed by atoms with Crippen LogP contribution in [0.1, 0.15) is 12.8 Å². The SMILES string of the molecule is O=C1C[C@H]2CCN(C(=O)O)[C@@H]12. The third-order valence-corrected chi connectivity index (χ3v) is 2.56. The fourth-order valence-electron chi connectivity index (χ4n) is 1.94. The van der Waals surface area contributed by atoms with Crippen molar-refractivity contribution < 1.29 is 14.7 Å². The first kappa shape index (κ1) is 6.64. The van der Waals surface area contributed by atoms with Gasteiger partial charge in [0, 0.05) is 13.0 Å². The molecule has 0 radical (unpaired) electrons. The van der Waals surface area contributed by atoms with Crippen molar-refractivity contribution in [3.63, 3.8) is 0 Å². The summed E-state index contributed by atoms with van der Waals surface area (Å²) < 4.78 is 0. The lowest BCUT2D eigenvalue weighted by molar-refractivity contribution is -0.132. The zero-order chi connectivity index (χ0) is 8.01. The first-order valence-electron chi connectivity index (χ1n) is 3.72. The van der Waals surface area contributed by atoms with E-state index in [1.807, 2.05) is 0 Å². The predicted octanol–water partition coefficient (Wildman–Crippen LogP) is 0.328. The minimum absolute atomic E-state index is 0.0925. The number of hydrogen-bond donors (Lipinski definition) is 1. The molecule has 0 spiro atoms. The molecule has 4 heteroatoms. The van der Waals surface area contributed by atoms with Gasteiger partial charge >= 0.3 is 6.09 Å². The first-order valence-corrected chi connectivity index (χ1v) is 3.72. The lowest BCUT2D eigenvalue weighted by Gasteiger charge is -2.32. The van der Waals surface area contributed by atoms with Gasteiger partial charge in [0.2, 0.25) is 0 Å². The van der Waals surface area contributed by atoms with Gasteiger partial charge in [-0.05, 0) is 12.3 Å². The summed E-state index contributed by atoms with van der Waals surface area (Å²) in [4.78, 5) is 22.7. The fourth-order valence-corrected chi connectivity index (χ4v) is 1.94. The van der Waals surface area contributed by atoms with Gasteiger partial charge in [0.1, 0.15) is 0 Å². The molecule has 4 nitrogen and oxygen atoms in total. The van der Waals surface area contributed by atoms with E-state index in [0.29, 0.717) is 18.9 Å². The van der Waals surface area contributed by atoms with E-state index in [9.17, 15) is 9.59 Å². The van der Waals surface area contributed by atoms with Gasteiger partial charge in [-0.3, -0.25) is 9.69 Å². The second kappa shape index (κ2) is 1.96. The number of carbonyl (C=O) groups excluding carboxylic acids is 1. The Morgan fingerprint density at radius 2 is 2.36 bits per heavy atom. The summed E-state index contributed by atoms with van der Waals surface area (Å²) >= 11 is 0. The Labute approximate surface area is 63.8 Å². The standard InChI is InChI=1S/C7H9NO3/c9-5-3-4-1-2-8(6(4)5)7(10)11/h4,6H,1-3H2,(H,10,11)/t4-,6-/m1/s1. The van der Waals surface area contributed by atoms with Crippen molar-refractivity contribution in [3.8, 4) is 0 Å². The molecule has 2 aliphatic rings. The molecule has 1 heterocycles. The topological polar surface area (TPSA) is 57.6 Å². The number of carboxylic acid groups (broad SMARTS) is 1. The molecule has 1 N–H and O–H groups in total. The van der Waals surface area contributed by atoms with Gasteiger partial charge in [0.15, 0.2) is 5.78 Å². The summed E-state index contributed by atoms with van der Waals surface area (Å²) in [6.07, 6.45) is 0.502. The zero-order valence-electron chi connectivity index (χ0n) is 5.99. The quantitative estimate of drug-likeness (QED) is 0.548. The van der Waals surface area contributed by atoms with Crippen LogP contribution >= 0.6 is 0 Å². The van der Waals surface area contributed by atoms with E-state index < -0.39 is 6.09 Å². The molecule has 2 fully saturated rings. The van der Waals surface area contributed by atoms with Crippen LogP contribution in [0.15, 0.2) is 0 Å². The maximum absolute atomic E-state index is 10.9. The Kier molecular flexibility index (Phi) is 1.19. The molecular formula is C7H9NO3. The molecule has 60 valence electrons. The molecule has 1 aliphatic carbocycles. The maximum atomic E-state index is 10.9. The highest BCUT2D eigenvalue weighted by atomic mass is 16.4. The number of ketones is 1. The summed E-state index contributed by atoms with van der Waals surface area (Å²) in [5, 5.41) is 8.63. The number of Topliss-reactive ketones (excluding diaryl/α,β-unsaturated/α-hetero) is 1. The van der Waals surface area contributed by atoms with Gasteiger partial charge in [0.25, 0.3) is 0 Å². The van der Waals surface area contributed by atoms with Gasteiger partial charge in [-0.25, -0.2) is 4.79 Å². The first-order chi connectivity index (χ1) is 5.20. The molecular weight excluding hydrogens is 146 g/mol. The van der Waals surface area contributed by atoms with E-state index in [1.165, 1.54) is 4.90 Å². The molecule has 1 saturated heterocycles. The van der Waals surface area contributed by atoms with Crippen LogP contribution in [0.2, 0.25) is 0 Å². The van der Waals surface area contributed by atoms with Crippen molar-refractivity contribution in [3.05, 3.63) is 0 Å². The van der Waals surface area contributed by atoms with Gasteiger partial charge in [-0.15, -0.1) is 0 Å². The van der Waals surface area contributed by atoms with Crippen LogP contribution in [0.4, 0.5) is 4.79 Å². The Morgan fingerprint density at radius 1 is 1.64 bits per heavy atom. The minimum atomic E-state index is -0.953.